The summed E-state index contributed by atoms with van der Waals surface area (Å²) in [5.41, 5.74) is 4.48. The molecule has 0 bridgehead atoms. The molecule has 3 heteroatoms. The van der Waals surface area contributed by atoms with Crippen molar-refractivity contribution >= 4 is 0 Å². The first kappa shape index (κ1) is 13.1. The summed E-state index contributed by atoms with van der Waals surface area (Å²) in [5, 5.41) is 3.46. The average molecular weight is 260 g/mol. The maximum absolute atomic E-state index is 5.26. The molecule has 1 atom stereocenters. The fourth-order valence-corrected chi connectivity index (χ4v) is 3.32. The number of nitrogens with one attached hydrogen (secondary N) is 1. The Balaban J connectivity index is 1.61. The topological polar surface area (TPSA) is 24.5 Å². The predicted octanol–water partition coefficient (Wildman–Crippen LogP) is 1.80. The van der Waals surface area contributed by atoms with Crippen molar-refractivity contribution in [1.29, 1.82) is 0 Å². The molecule has 104 valence electrons. The zero-order valence-electron chi connectivity index (χ0n) is 11.8. The van der Waals surface area contributed by atoms with Gasteiger partial charge in [0.1, 0.15) is 0 Å². The van der Waals surface area contributed by atoms with Crippen LogP contribution in [-0.4, -0.2) is 38.3 Å². The Morgan fingerprint density at radius 2 is 2.32 bits per heavy atom. The highest BCUT2D eigenvalue weighted by molar-refractivity contribution is 5.33. The number of hydrogen-bond acceptors (Lipinski definition) is 3. The lowest BCUT2D eigenvalue weighted by Gasteiger charge is -2.20. The first-order valence-electron chi connectivity index (χ1n) is 7.38. The molecule has 1 saturated heterocycles. The molecule has 0 saturated carbocycles. The van der Waals surface area contributed by atoms with Crippen molar-refractivity contribution in [2.75, 3.05) is 33.4 Å². The molecule has 0 amide bonds. The second kappa shape index (κ2) is 6.04. The van der Waals surface area contributed by atoms with E-state index in [0.29, 0.717) is 0 Å². The summed E-state index contributed by atoms with van der Waals surface area (Å²) in [6, 6.07) is 7.03. The standard InChI is InChI=1S/C16H24N2O/c1-19-12-14-5-7-18(11-14)10-13-2-3-15-4-6-17-9-16(15)8-13/h2-3,8,14,17H,4-7,9-12H2,1H3. The third-order valence-electron chi connectivity index (χ3n) is 4.34. The van der Waals surface area contributed by atoms with E-state index in [1.807, 2.05) is 0 Å². The van der Waals surface area contributed by atoms with Gasteiger partial charge in [-0.05, 0) is 48.5 Å². The van der Waals surface area contributed by atoms with Crippen LogP contribution in [0, 0.1) is 5.92 Å². The average Bonchev–Trinajstić information content (AvgIpc) is 2.86. The highest BCUT2D eigenvalue weighted by atomic mass is 16.5. The van der Waals surface area contributed by atoms with Crippen molar-refractivity contribution < 1.29 is 4.74 Å². The SMILES string of the molecule is COCC1CCN(Cc2ccc3c(c2)CNCC3)C1. The van der Waals surface area contributed by atoms with E-state index in [1.54, 1.807) is 7.11 Å². The van der Waals surface area contributed by atoms with Crippen LogP contribution in [-0.2, 0) is 24.2 Å². The molecular formula is C16H24N2O. The van der Waals surface area contributed by atoms with Gasteiger partial charge in [0.25, 0.3) is 0 Å². The quantitative estimate of drug-likeness (QED) is 0.893. The summed E-state index contributed by atoms with van der Waals surface area (Å²) in [5.74, 6) is 0.726. The predicted molar refractivity (Wildman–Crippen MR) is 77.1 cm³/mol. The van der Waals surface area contributed by atoms with Gasteiger partial charge < -0.3 is 10.1 Å². The van der Waals surface area contributed by atoms with Crippen molar-refractivity contribution in [3.8, 4) is 0 Å². The van der Waals surface area contributed by atoms with Gasteiger partial charge in [0.2, 0.25) is 0 Å². The highest BCUT2D eigenvalue weighted by Gasteiger charge is 2.22. The third-order valence-corrected chi connectivity index (χ3v) is 4.34. The molecule has 2 heterocycles. The van der Waals surface area contributed by atoms with Crippen LogP contribution in [0.1, 0.15) is 23.1 Å². The minimum Gasteiger partial charge on any atom is -0.384 e. The maximum atomic E-state index is 5.26. The van der Waals surface area contributed by atoms with E-state index in [4.69, 9.17) is 4.74 Å². The molecule has 3 rings (SSSR count). The van der Waals surface area contributed by atoms with Gasteiger partial charge >= 0.3 is 0 Å². The van der Waals surface area contributed by atoms with Crippen LogP contribution in [0.15, 0.2) is 18.2 Å². The lowest BCUT2D eigenvalue weighted by atomic mass is 9.98. The largest absolute Gasteiger partial charge is 0.384 e. The van der Waals surface area contributed by atoms with Crippen LogP contribution in [0.25, 0.3) is 0 Å². The van der Waals surface area contributed by atoms with Crippen LogP contribution >= 0.6 is 0 Å². The van der Waals surface area contributed by atoms with Crippen molar-refractivity contribution in [2.45, 2.75) is 25.9 Å². The molecule has 3 nitrogen and oxygen atoms in total. The van der Waals surface area contributed by atoms with Crippen LogP contribution in [0.4, 0.5) is 0 Å². The Labute approximate surface area is 115 Å². The normalized spacial score (nSPS) is 23.5. The summed E-state index contributed by atoms with van der Waals surface area (Å²) < 4.78 is 5.26. The first-order chi connectivity index (χ1) is 9.35. The van der Waals surface area contributed by atoms with E-state index in [9.17, 15) is 0 Å². The lowest BCUT2D eigenvalue weighted by molar-refractivity contribution is 0.152. The number of rotatable bonds is 4. The number of fused-ring (bicyclic) bond motifs is 1. The monoisotopic (exact) mass is 260 g/mol. The molecule has 0 radical (unpaired) electrons. The van der Waals surface area contributed by atoms with Crippen molar-refractivity contribution in [2.24, 2.45) is 5.92 Å². The summed E-state index contributed by atoms with van der Waals surface area (Å²) in [7, 11) is 1.80. The van der Waals surface area contributed by atoms with Crippen LogP contribution in [0.2, 0.25) is 0 Å². The van der Waals surface area contributed by atoms with Gasteiger partial charge in [0, 0.05) is 26.7 Å². The second-order valence-corrected chi connectivity index (χ2v) is 5.87. The van der Waals surface area contributed by atoms with Crippen LogP contribution < -0.4 is 5.32 Å². The zero-order chi connectivity index (χ0) is 13.1. The van der Waals surface area contributed by atoms with Crippen LogP contribution in [0.3, 0.4) is 0 Å². The van der Waals surface area contributed by atoms with Crippen molar-refractivity contribution in [1.82, 2.24) is 10.2 Å². The molecule has 0 aliphatic carbocycles. The van der Waals surface area contributed by atoms with E-state index < -0.39 is 0 Å². The molecule has 1 N–H and O–H groups in total. The molecule has 0 spiro atoms. The summed E-state index contributed by atoms with van der Waals surface area (Å²) in [6.07, 6.45) is 2.45. The van der Waals surface area contributed by atoms with E-state index >= 15 is 0 Å². The van der Waals surface area contributed by atoms with Crippen molar-refractivity contribution in [3.05, 3.63) is 34.9 Å². The molecule has 1 unspecified atom stereocenters. The van der Waals surface area contributed by atoms with Gasteiger partial charge in [0.15, 0.2) is 0 Å². The Morgan fingerprint density at radius 1 is 1.37 bits per heavy atom. The van der Waals surface area contributed by atoms with Gasteiger partial charge in [-0.3, -0.25) is 4.90 Å². The number of likely N-dealkylation sites (tertiary alicyclic amines) is 1. The molecule has 2 aliphatic heterocycles. The fraction of sp³-hybridized carbons (Fsp3) is 0.625. The Kier molecular flexibility index (Phi) is 4.16. The van der Waals surface area contributed by atoms with E-state index in [-0.39, 0.29) is 0 Å². The Morgan fingerprint density at radius 3 is 3.21 bits per heavy atom. The van der Waals surface area contributed by atoms with Gasteiger partial charge in [-0.1, -0.05) is 18.2 Å². The molecule has 0 aromatic heterocycles. The first-order valence-corrected chi connectivity index (χ1v) is 7.38. The third kappa shape index (κ3) is 3.16. The minimum atomic E-state index is 0.726. The van der Waals surface area contributed by atoms with E-state index in [0.717, 1.165) is 32.2 Å². The second-order valence-electron chi connectivity index (χ2n) is 5.87. The van der Waals surface area contributed by atoms with Crippen molar-refractivity contribution in [3.63, 3.8) is 0 Å². The van der Waals surface area contributed by atoms with E-state index in [2.05, 4.69) is 28.4 Å². The summed E-state index contributed by atoms with van der Waals surface area (Å²) in [4.78, 5) is 2.56. The molecule has 1 fully saturated rings. The lowest BCUT2D eigenvalue weighted by Crippen LogP contribution is -2.25. The van der Waals surface area contributed by atoms with Crippen LogP contribution in [0.5, 0.6) is 0 Å². The highest BCUT2D eigenvalue weighted by Crippen LogP contribution is 2.21. The number of methoxy groups -OCH3 is 1. The molecule has 1 aromatic carbocycles. The number of hydrogen-bond donors (Lipinski definition) is 1. The molecule has 19 heavy (non-hydrogen) atoms. The fourth-order valence-electron chi connectivity index (χ4n) is 3.32. The number of ether oxygens (including phenoxy) is 1. The summed E-state index contributed by atoms with van der Waals surface area (Å²) >= 11 is 0. The van der Waals surface area contributed by atoms with Gasteiger partial charge in [-0.2, -0.15) is 0 Å². The molecule has 2 aliphatic rings. The van der Waals surface area contributed by atoms with Gasteiger partial charge in [-0.15, -0.1) is 0 Å². The Bertz CT molecular complexity index is 433. The smallest absolute Gasteiger partial charge is 0.0503 e. The number of benzene rings is 1. The maximum Gasteiger partial charge on any atom is 0.0503 e. The molecule has 1 aromatic rings. The summed E-state index contributed by atoms with van der Waals surface area (Å²) in [6.45, 7) is 6.55. The molecular weight excluding hydrogens is 236 g/mol. The van der Waals surface area contributed by atoms with E-state index in [1.165, 1.54) is 42.6 Å². The van der Waals surface area contributed by atoms with Gasteiger partial charge in [0.05, 0.1) is 6.61 Å². The number of nitrogens with zero attached hydrogens (tertiary/aromatic N) is 1. The minimum absolute atomic E-state index is 0.726. The Hall–Kier alpha value is -0.900. The zero-order valence-corrected chi connectivity index (χ0v) is 11.8. The van der Waals surface area contributed by atoms with Gasteiger partial charge in [-0.25, -0.2) is 0 Å².